The maximum Gasteiger partial charge on any atom is 0.344 e. The van der Waals surface area contributed by atoms with Gasteiger partial charge in [-0.3, -0.25) is 9.10 Å². The van der Waals surface area contributed by atoms with Crippen molar-refractivity contribution in [2.45, 2.75) is 4.90 Å². The van der Waals surface area contributed by atoms with Crippen molar-refractivity contribution < 1.29 is 31.9 Å². The molecule has 3 aromatic carbocycles. The molecule has 3 aromatic rings. The highest BCUT2D eigenvalue weighted by atomic mass is 35.5. The molecule has 36 heavy (non-hydrogen) atoms. The Morgan fingerprint density at radius 3 is 2.17 bits per heavy atom. The number of carbonyl (C=O) groups excluding carboxylic acids is 2. The second-order valence-electron chi connectivity index (χ2n) is 7.16. The molecule has 0 aliphatic carbocycles. The molecule has 0 heterocycles. The number of nitrogens with one attached hydrogen (secondary N) is 1. The van der Waals surface area contributed by atoms with Crippen molar-refractivity contribution in [3.63, 3.8) is 0 Å². The Bertz CT molecular complexity index is 1370. The predicted octanol–water partition coefficient (Wildman–Crippen LogP) is 5.17. The molecule has 13 heteroatoms. The summed E-state index contributed by atoms with van der Waals surface area (Å²) in [7, 11) is -2.55. The number of nitrogens with zero attached hydrogens (tertiary/aromatic N) is 1. The number of rotatable bonds is 9. The summed E-state index contributed by atoms with van der Waals surface area (Å²) in [6.45, 7) is -1.09. The maximum absolute atomic E-state index is 13.1. The summed E-state index contributed by atoms with van der Waals surface area (Å²) in [6.07, 6.45) is 0. The fourth-order valence-electron chi connectivity index (χ4n) is 2.79. The fraction of sp³-hybridized carbons (Fsp3) is 0.130. The monoisotopic (exact) mass is 574 g/mol. The van der Waals surface area contributed by atoms with Crippen LogP contribution in [0.3, 0.4) is 0 Å². The van der Waals surface area contributed by atoms with Crippen molar-refractivity contribution in [1.82, 2.24) is 0 Å². The van der Waals surface area contributed by atoms with E-state index >= 15 is 0 Å². The van der Waals surface area contributed by atoms with Crippen LogP contribution in [-0.2, 0) is 24.3 Å². The van der Waals surface area contributed by atoms with E-state index in [1.54, 1.807) is 0 Å². The number of benzene rings is 3. The molecule has 3 rings (SSSR count). The van der Waals surface area contributed by atoms with Crippen LogP contribution >= 0.6 is 34.8 Å². The number of hydrogen-bond acceptors (Lipinski definition) is 6. The first-order valence-electron chi connectivity index (χ1n) is 10.0. The Balaban J connectivity index is 1.50. The zero-order valence-corrected chi connectivity index (χ0v) is 21.6. The van der Waals surface area contributed by atoms with Gasteiger partial charge in [0.05, 0.1) is 31.3 Å². The Kier molecular flexibility index (Phi) is 9.02. The highest BCUT2D eigenvalue weighted by molar-refractivity contribution is 7.92. The lowest BCUT2D eigenvalue weighted by atomic mass is 10.3. The van der Waals surface area contributed by atoms with E-state index in [2.05, 4.69) is 5.32 Å². The molecule has 0 unspecified atom stereocenters. The van der Waals surface area contributed by atoms with E-state index in [0.717, 1.165) is 16.4 Å². The molecule has 190 valence electrons. The molecule has 0 aromatic heterocycles. The van der Waals surface area contributed by atoms with E-state index in [9.17, 15) is 22.4 Å². The molecule has 0 atom stereocenters. The van der Waals surface area contributed by atoms with Crippen LogP contribution in [0, 0.1) is 5.82 Å². The molecule has 1 amide bonds. The molecule has 8 nitrogen and oxygen atoms in total. The van der Waals surface area contributed by atoms with Crippen LogP contribution in [0.4, 0.5) is 15.8 Å². The van der Waals surface area contributed by atoms with Crippen LogP contribution < -0.4 is 14.4 Å². The summed E-state index contributed by atoms with van der Waals surface area (Å²) >= 11 is 17.7. The molecule has 0 fully saturated rings. The number of esters is 1. The van der Waals surface area contributed by atoms with Crippen LogP contribution in [0.15, 0.2) is 65.6 Å². The number of hydrogen-bond donors (Lipinski definition) is 1. The van der Waals surface area contributed by atoms with Gasteiger partial charge in [0.2, 0.25) is 0 Å². The van der Waals surface area contributed by atoms with Crippen molar-refractivity contribution in [2.24, 2.45) is 0 Å². The van der Waals surface area contributed by atoms with Gasteiger partial charge in [0, 0.05) is 7.05 Å². The molecule has 0 radical (unpaired) electrons. The first-order chi connectivity index (χ1) is 17.0. The normalized spacial score (nSPS) is 11.0. The molecule has 0 saturated heterocycles. The van der Waals surface area contributed by atoms with Crippen LogP contribution in [0.5, 0.6) is 5.75 Å². The van der Waals surface area contributed by atoms with E-state index in [0.29, 0.717) is 5.69 Å². The minimum atomic E-state index is -3.90. The van der Waals surface area contributed by atoms with Crippen LogP contribution in [0.1, 0.15) is 0 Å². The highest BCUT2D eigenvalue weighted by Gasteiger charge is 2.21. The van der Waals surface area contributed by atoms with Crippen molar-refractivity contribution in [2.75, 3.05) is 29.9 Å². The average molecular weight is 576 g/mol. The van der Waals surface area contributed by atoms with Gasteiger partial charge in [0.1, 0.15) is 11.6 Å². The van der Waals surface area contributed by atoms with Gasteiger partial charge in [-0.05, 0) is 60.7 Å². The number of ether oxygens (including phenoxy) is 2. The molecule has 0 spiro atoms. The van der Waals surface area contributed by atoms with Crippen LogP contribution in [0.25, 0.3) is 0 Å². The standard InChI is InChI=1S/C23H18Cl3FN2O6S/c1-29(36(32,33)17-8-2-14(27)3-9-17)15-4-6-16(7-5-15)34-13-23(31)35-12-22(30)28-21-11-19(25)18(24)10-20(21)26/h2-11H,12-13H2,1H3,(H,28,30). The predicted molar refractivity (Wildman–Crippen MR) is 135 cm³/mol. The number of carbonyl (C=O) groups is 2. The summed E-state index contributed by atoms with van der Waals surface area (Å²) < 4.78 is 49.7. The quantitative estimate of drug-likeness (QED) is 0.279. The van der Waals surface area contributed by atoms with Crippen molar-refractivity contribution >= 4 is 68.1 Å². The lowest BCUT2D eigenvalue weighted by Crippen LogP contribution is -2.26. The molecule has 0 aliphatic rings. The van der Waals surface area contributed by atoms with Gasteiger partial charge < -0.3 is 14.8 Å². The van der Waals surface area contributed by atoms with Gasteiger partial charge in [-0.15, -0.1) is 0 Å². The van der Waals surface area contributed by atoms with E-state index < -0.39 is 40.9 Å². The summed E-state index contributed by atoms with van der Waals surface area (Å²) in [4.78, 5) is 23.9. The van der Waals surface area contributed by atoms with Gasteiger partial charge in [0.25, 0.3) is 15.9 Å². The smallest absolute Gasteiger partial charge is 0.344 e. The Hall–Kier alpha value is -3.05. The van der Waals surface area contributed by atoms with Gasteiger partial charge >= 0.3 is 5.97 Å². The maximum atomic E-state index is 13.1. The van der Waals surface area contributed by atoms with Crippen molar-refractivity contribution in [3.05, 3.63) is 81.5 Å². The second kappa shape index (κ2) is 11.8. The zero-order chi connectivity index (χ0) is 26.5. The summed E-state index contributed by atoms with van der Waals surface area (Å²) in [6, 6.07) is 13.0. The minimum Gasteiger partial charge on any atom is -0.482 e. The summed E-state index contributed by atoms with van der Waals surface area (Å²) in [5.41, 5.74) is 0.516. The molecule has 0 aliphatic heterocycles. The SMILES string of the molecule is CN(c1ccc(OCC(=O)OCC(=O)Nc2cc(Cl)c(Cl)cc2Cl)cc1)S(=O)(=O)c1ccc(F)cc1. The number of halogens is 4. The summed E-state index contributed by atoms with van der Waals surface area (Å²) in [5.74, 6) is -1.76. The lowest BCUT2D eigenvalue weighted by Gasteiger charge is -2.19. The molecule has 0 bridgehead atoms. The Morgan fingerprint density at radius 2 is 1.53 bits per heavy atom. The van der Waals surface area contributed by atoms with E-state index in [4.69, 9.17) is 44.3 Å². The molecular weight excluding hydrogens is 558 g/mol. The van der Waals surface area contributed by atoms with E-state index in [1.165, 1.54) is 55.6 Å². The third-order valence-corrected chi connectivity index (χ3v) is 7.51. The topological polar surface area (TPSA) is 102 Å². The molecular formula is C23H18Cl3FN2O6S. The molecule has 0 saturated carbocycles. The van der Waals surface area contributed by atoms with Gasteiger partial charge in [0.15, 0.2) is 13.2 Å². The first kappa shape index (κ1) is 27.5. The summed E-state index contributed by atoms with van der Waals surface area (Å²) in [5, 5.41) is 3.01. The second-order valence-corrected chi connectivity index (χ2v) is 10.4. The van der Waals surface area contributed by atoms with Crippen LogP contribution in [-0.4, -0.2) is 40.6 Å². The fourth-order valence-corrected chi connectivity index (χ4v) is 4.58. The Labute approximate surface area is 221 Å². The van der Waals surface area contributed by atoms with Crippen LogP contribution in [0.2, 0.25) is 15.1 Å². The number of anilines is 2. The largest absolute Gasteiger partial charge is 0.482 e. The van der Waals surface area contributed by atoms with Gasteiger partial charge in [-0.1, -0.05) is 34.8 Å². The van der Waals surface area contributed by atoms with E-state index in [-0.39, 0.29) is 31.4 Å². The van der Waals surface area contributed by atoms with Crippen molar-refractivity contribution in [1.29, 1.82) is 0 Å². The Morgan fingerprint density at radius 1 is 0.917 bits per heavy atom. The first-order valence-corrected chi connectivity index (χ1v) is 12.6. The third kappa shape index (κ3) is 7.01. The zero-order valence-electron chi connectivity index (χ0n) is 18.5. The van der Waals surface area contributed by atoms with Gasteiger partial charge in [-0.2, -0.15) is 0 Å². The van der Waals surface area contributed by atoms with E-state index in [1.807, 2.05) is 0 Å². The molecule has 1 N–H and O–H groups in total. The van der Waals surface area contributed by atoms with Gasteiger partial charge in [-0.25, -0.2) is 17.6 Å². The van der Waals surface area contributed by atoms with Crippen molar-refractivity contribution in [3.8, 4) is 5.75 Å². The minimum absolute atomic E-state index is 0.0695. The highest BCUT2D eigenvalue weighted by Crippen LogP contribution is 2.32. The average Bonchev–Trinajstić information content (AvgIpc) is 2.85. The number of sulfonamides is 1. The third-order valence-electron chi connectivity index (χ3n) is 4.68. The lowest BCUT2D eigenvalue weighted by molar-refractivity contribution is -0.149. The number of amides is 1.